The van der Waals surface area contributed by atoms with E-state index in [1.807, 2.05) is 0 Å². The van der Waals surface area contributed by atoms with Gasteiger partial charge in [0.2, 0.25) is 11.0 Å². The summed E-state index contributed by atoms with van der Waals surface area (Å²) in [5, 5.41) is 21.7. The van der Waals surface area contributed by atoms with E-state index in [0.717, 1.165) is 4.80 Å². The summed E-state index contributed by atoms with van der Waals surface area (Å²) in [5.41, 5.74) is -0.628. The number of tetrazole rings is 1. The summed E-state index contributed by atoms with van der Waals surface area (Å²) in [5.74, 6) is 0.0127. The normalized spacial score (nSPS) is 17.2. The maximum atomic E-state index is 12.8. The second-order valence-corrected chi connectivity index (χ2v) is 11.1. The molecule has 0 aliphatic carbocycles. The first-order chi connectivity index (χ1) is 17.9. The van der Waals surface area contributed by atoms with Gasteiger partial charge in [0, 0.05) is 31.5 Å². The third kappa shape index (κ3) is 5.97. The van der Waals surface area contributed by atoms with Crippen LogP contribution in [0.3, 0.4) is 0 Å². The molecule has 1 spiro atoms. The van der Waals surface area contributed by atoms with E-state index in [4.69, 9.17) is 9.47 Å². The van der Waals surface area contributed by atoms with Crippen molar-refractivity contribution in [3.8, 4) is 22.3 Å². The van der Waals surface area contributed by atoms with Crippen molar-refractivity contribution in [3.63, 3.8) is 0 Å². The lowest BCUT2D eigenvalue weighted by Crippen LogP contribution is -2.49. The van der Waals surface area contributed by atoms with Crippen LogP contribution in [-0.2, 0) is 22.5 Å². The van der Waals surface area contributed by atoms with E-state index in [-0.39, 0.29) is 18.1 Å². The van der Waals surface area contributed by atoms with Crippen LogP contribution in [0.5, 0.6) is 11.5 Å². The highest BCUT2D eigenvalue weighted by Crippen LogP contribution is 2.44. The summed E-state index contributed by atoms with van der Waals surface area (Å²) in [4.78, 5) is 15.2. The minimum atomic E-state index is -4.75. The average molecular weight is 554 g/mol. The van der Waals surface area contributed by atoms with E-state index < -0.39 is 23.5 Å². The molecule has 2 aliphatic rings. The molecule has 1 aromatic carbocycles. The molecule has 3 aromatic rings. The number of piperidine rings is 1. The third-order valence-corrected chi connectivity index (χ3v) is 7.15. The van der Waals surface area contributed by atoms with Gasteiger partial charge >= 0.3 is 12.3 Å². The Morgan fingerprint density at radius 1 is 1.13 bits per heavy atom. The van der Waals surface area contributed by atoms with Crippen molar-refractivity contribution in [3.05, 3.63) is 23.8 Å². The van der Waals surface area contributed by atoms with Crippen molar-refractivity contribution in [2.45, 2.75) is 70.6 Å². The van der Waals surface area contributed by atoms with Gasteiger partial charge in [0.1, 0.15) is 22.7 Å². The van der Waals surface area contributed by atoms with Crippen LogP contribution in [0.2, 0.25) is 0 Å². The number of hydrogen-bond donors (Lipinski definition) is 0. The number of fused-ring (bicyclic) bond motifs is 1. The van der Waals surface area contributed by atoms with Gasteiger partial charge in [-0.05, 0) is 51.0 Å². The van der Waals surface area contributed by atoms with Crippen molar-refractivity contribution in [1.29, 1.82) is 0 Å². The molecule has 0 atom stereocenters. The Morgan fingerprint density at radius 3 is 2.61 bits per heavy atom. The van der Waals surface area contributed by atoms with Gasteiger partial charge in [-0.3, -0.25) is 0 Å². The van der Waals surface area contributed by atoms with Gasteiger partial charge < -0.3 is 19.1 Å². The van der Waals surface area contributed by atoms with Crippen LogP contribution in [0.25, 0.3) is 10.8 Å². The van der Waals surface area contributed by atoms with E-state index >= 15 is 0 Å². The molecule has 1 saturated heterocycles. The molecule has 204 valence electrons. The largest absolute Gasteiger partial charge is 0.573 e. The predicted molar refractivity (Wildman–Crippen MR) is 129 cm³/mol. The Hall–Kier alpha value is -3.49. The standard InChI is InChI=1S/C23H26F3N7O4S/c1-21(2,3)37-17(34)13-33-30-18(27-31-33)19-28-29-20(38-19)32-11-9-22(10-12-32)8-7-14-15(35-22)5-4-6-16(14)36-23(24,25)26/h4-6H,7-13H2,1-3H3. The van der Waals surface area contributed by atoms with Gasteiger partial charge in [0.15, 0.2) is 11.6 Å². The van der Waals surface area contributed by atoms with E-state index in [9.17, 15) is 18.0 Å². The molecule has 38 heavy (non-hydrogen) atoms. The zero-order valence-corrected chi connectivity index (χ0v) is 21.8. The fourth-order valence-corrected chi connectivity index (χ4v) is 5.34. The van der Waals surface area contributed by atoms with Crippen LogP contribution in [-0.4, -0.2) is 67.0 Å². The maximum Gasteiger partial charge on any atom is 0.573 e. The topological polar surface area (TPSA) is 117 Å². The van der Waals surface area contributed by atoms with Crippen LogP contribution >= 0.6 is 11.3 Å². The SMILES string of the molecule is CC(C)(C)OC(=O)Cn1nnc(-c2nnc(N3CCC4(CCc5c(OC(F)(F)F)cccc5O4)CC3)s2)n1. The summed E-state index contributed by atoms with van der Waals surface area (Å²) >= 11 is 1.31. The van der Waals surface area contributed by atoms with Gasteiger partial charge in [-0.2, -0.15) is 4.80 Å². The number of hydrogen-bond acceptors (Lipinski definition) is 11. The Labute approximate surface area is 219 Å². The van der Waals surface area contributed by atoms with Crippen LogP contribution in [0, 0.1) is 0 Å². The number of esters is 1. The molecule has 0 saturated carbocycles. The molecule has 0 bridgehead atoms. The number of ether oxygens (including phenoxy) is 3. The number of rotatable bonds is 5. The van der Waals surface area contributed by atoms with Crippen LogP contribution < -0.4 is 14.4 Å². The predicted octanol–water partition coefficient (Wildman–Crippen LogP) is 3.80. The molecule has 0 radical (unpaired) electrons. The first-order valence-corrected chi connectivity index (χ1v) is 12.8. The summed E-state index contributed by atoms with van der Waals surface area (Å²) in [6.07, 6.45) is -2.36. The molecule has 2 aromatic heterocycles. The fraction of sp³-hybridized carbons (Fsp3) is 0.565. The van der Waals surface area contributed by atoms with Crippen molar-refractivity contribution >= 4 is 22.4 Å². The second-order valence-electron chi connectivity index (χ2n) is 10.2. The lowest BCUT2D eigenvalue weighted by molar-refractivity contribution is -0.275. The fourth-order valence-electron chi connectivity index (χ4n) is 4.52. The quantitative estimate of drug-likeness (QED) is 0.432. The Kier molecular flexibility index (Phi) is 6.65. The van der Waals surface area contributed by atoms with E-state index in [1.54, 1.807) is 26.8 Å². The Morgan fingerprint density at radius 2 is 1.89 bits per heavy atom. The summed E-state index contributed by atoms with van der Waals surface area (Å²) in [7, 11) is 0. The summed E-state index contributed by atoms with van der Waals surface area (Å²) in [6, 6.07) is 4.51. The average Bonchev–Trinajstić information content (AvgIpc) is 3.47. The molecule has 0 N–H and O–H groups in total. The highest BCUT2D eigenvalue weighted by Gasteiger charge is 2.42. The van der Waals surface area contributed by atoms with Gasteiger partial charge in [-0.15, -0.1) is 33.6 Å². The zero-order valence-electron chi connectivity index (χ0n) is 21.0. The molecule has 5 rings (SSSR count). The number of halogens is 3. The molecule has 0 unspecified atom stereocenters. The lowest BCUT2D eigenvalue weighted by Gasteiger charge is -2.44. The monoisotopic (exact) mass is 553 g/mol. The molecule has 2 aliphatic heterocycles. The number of alkyl halides is 3. The van der Waals surface area contributed by atoms with Crippen LogP contribution in [0.15, 0.2) is 18.2 Å². The highest BCUT2D eigenvalue weighted by molar-refractivity contribution is 7.18. The first-order valence-electron chi connectivity index (χ1n) is 12.0. The summed E-state index contributed by atoms with van der Waals surface area (Å²) in [6.45, 7) is 6.44. The molecule has 0 amide bonds. The first kappa shape index (κ1) is 26.1. The molecule has 4 heterocycles. The minimum Gasteiger partial charge on any atom is -0.487 e. The van der Waals surface area contributed by atoms with E-state index in [1.165, 1.54) is 23.5 Å². The number of anilines is 1. The molecular formula is C23H26F3N7O4S. The highest BCUT2D eigenvalue weighted by atomic mass is 32.1. The number of carbonyl (C=O) groups is 1. The van der Waals surface area contributed by atoms with Gasteiger partial charge in [0.25, 0.3) is 0 Å². The molecule has 11 nitrogen and oxygen atoms in total. The van der Waals surface area contributed by atoms with E-state index in [2.05, 4.69) is 35.2 Å². The number of carbonyl (C=O) groups excluding carboxylic acids is 1. The number of aromatic nitrogens is 6. The molecule has 1 fully saturated rings. The second kappa shape index (κ2) is 9.67. The molecular weight excluding hydrogens is 527 g/mol. The van der Waals surface area contributed by atoms with Crippen molar-refractivity contribution in [2.75, 3.05) is 18.0 Å². The van der Waals surface area contributed by atoms with Crippen LogP contribution in [0.4, 0.5) is 18.3 Å². The zero-order chi connectivity index (χ0) is 27.1. The minimum absolute atomic E-state index is 0.170. The van der Waals surface area contributed by atoms with Crippen molar-refractivity contribution < 1.29 is 32.2 Å². The summed E-state index contributed by atoms with van der Waals surface area (Å²) < 4.78 is 54.0. The van der Waals surface area contributed by atoms with Crippen LogP contribution in [0.1, 0.15) is 45.6 Å². The third-order valence-electron chi connectivity index (χ3n) is 6.17. The van der Waals surface area contributed by atoms with Gasteiger partial charge in [0.05, 0.1) is 0 Å². The van der Waals surface area contributed by atoms with E-state index in [0.29, 0.717) is 60.2 Å². The van der Waals surface area contributed by atoms with Crippen molar-refractivity contribution in [1.82, 2.24) is 30.4 Å². The maximum absolute atomic E-state index is 12.8. The Balaban J connectivity index is 1.20. The smallest absolute Gasteiger partial charge is 0.487 e. The number of nitrogens with zero attached hydrogens (tertiary/aromatic N) is 7. The Bertz CT molecular complexity index is 1310. The van der Waals surface area contributed by atoms with Gasteiger partial charge in [-0.1, -0.05) is 17.4 Å². The lowest BCUT2D eigenvalue weighted by atomic mass is 9.83. The van der Waals surface area contributed by atoms with Gasteiger partial charge in [-0.25, -0.2) is 4.79 Å². The van der Waals surface area contributed by atoms with Crippen molar-refractivity contribution in [2.24, 2.45) is 0 Å². The molecule has 15 heteroatoms. The number of benzene rings is 1.